The molecule has 2 amide bonds. The standard InChI is InChI=1S/C23H18Br2N2O2/c1-15-8-10-17(11-9-15)22(28)27-21(13-16-4-2-5-18(24)12-16)23(29)26-20-7-3-6-19(25)14-20/h2-14H,1H3,(H,26,29)(H,27,28)/b21-13+. The summed E-state index contributed by atoms with van der Waals surface area (Å²) in [5.41, 5.74) is 3.08. The van der Waals surface area contributed by atoms with Crippen LogP contribution >= 0.6 is 31.9 Å². The quantitative estimate of drug-likeness (QED) is 0.415. The van der Waals surface area contributed by atoms with Crippen LogP contribution in [0.5, 0.6) is 0 Å². The maximum absolute atomic E-state index is 12.9. The SMILES string of the molecule is Cc1ccc(C(=O)N/C(=C/c2cccc(Br)c2)C(=O)Nc2cccc(Br)c2)cc1. The van der Waals surface area contributed by atoms with Gasteiger partial charge in [0.1, 0.15) is 5.70 Å². The Labute approximate surface area is 186 Å². The number of carbonyl (C=O) groups is 2. The van der Waals surface area contributed by atoms with Crippen LogP contribution in [0, 0.1) is 6.92 Å². The molecule has 0 atom stereocenters. The summed E-state index contributed by atoms with van der Waals surface area (Å²) in [6.45, 7) is 1.95. The smallest absolute Gasteiger partial charge is 0.272 e. The first-order valence-electron chi connectivity index (χ1n) is 8.83. The minimum absolute atomic E-state index is 0.147. The van der Waals surface area contributed by atoms with Crippen molar-refractivity contribution in [2.45, 2.75) is 6.92 Å². The normalized spacial score (nSPS) is 11.1. The highest BCUT2D eigenvalue weighted by Crippen LogP contribution is 2.18. The summed E-state index contributed by atoms with van der Waals surface area (Å²) >= 11 is 6.81. The average Bonchev–Trinajstić information content (AvgIpc) is 2.68. The molecule has 4 nitrogen and oxygen atoms in total. The Morgan fingerprint density at radius 3 is 2.17 bits per heavy atom. The second-order valence-electron chi connectivity index (χ2n) is 6.40. The number of aryl methyl sites for hydroxylation is 1. The highest BCUT2D eigenvalue weighted by molar-refractivity contribution is 9.10. The van der Waals surface area contributed by atoms with Crippen molar-refractivity contribution in [1.29, 1.82) is 0 Å². The van der Waals surface area contributed by atoms with Crippen molar-refractivity contribution in [2.75, 3.05) is 5.32 Å². The van der Waals surface area contributed by atoms with Crippen molar-refractivity contribution >= 4 is 55.4 Å². The Morgan fingerprint density at radius 1 is 0.862 bits per heavy atom. The highest BCUT2D eigenvalue weighted by Gasteiger charge is 2.15. The number of anilines is 1. The van der Waals surface area contributed by atoms with E-state index in [4.69, 9.17) is 0 Å². The van der Waals surface area contributed by atoms with Gasteiger partial charge >= 0.3 is 0 Å². The molecule has 0 unspecified atom stereocenters. The monoisotopic (exact) mass is 512 g/mol. The van der Waals surface area contributed by atoms with Gasteiger partial charge in [-0.2, -0.15) is 0 Å². The zero-order valence-corrected chi connectivity index (χ0v) is 18.7. The molecule has 0 aliphatic carbocycles. The summed E-state index contributed by atoms with van der Waals surface area (Å²) in [4.78, 5) is 25.6. The van der Waals surface area contributed by atoms with Gasteiger partial charge in [0.2, 0.25) is 0 Å². The predicted molar refractivity (Wildman–Crippen MR) is 124 cm³/mol. The lowest BCUT2D eigenvalue weighted by Gasteiger charge is -2.12. The number of carbonyl (C=O) groups excluding carboxylic acids is 2. The lowest BCUT2D eigenvalue weighted by molar-refractivity contribution is -0.113. The second kappa shape index (κ2) is 9.67. The predicted octanol–water partition coefficient (Wildman–Crippen LogP) is 5.93. The Hall–Kier alpha value is -2.70. The third-order valence-electron chi connectivity index (χ3n) is 4.05. The summed E-state index contributed by atoms with van der Waals surface area (Å²) in [5.74, 6) is -0.765. The van der Waals surface area contributed by atoms with Crippen molar-refractivity contribution in [3.63, 3.8) is 0 Å². The van der Waals surface area contributed by atoms with Gasteiger partial charge in [0.25, 0.3) is 11.8 Å². The molecule has 6 heteroatoms. The largest absolute Gasteiger partial charge is 0.321 e. The van der Waals surface area contributed by atoms with E-state index in [1.54, 1.807) is 30.3 Å². The van der Waals surface area contributed by atoms with Gasteiger partial charge in [-0.3, -0.25) is 9.59 Å². The van der Waals surface area contributed by atoms with E-state index in [1.807, 2.05) is 55.5 Å². The van der Waals surface area contributed by atoms with E-state index < -0.39 is 5.91 Å². The molecule has 3 aromatic carbocycles. The fourth-order valence-electron chi connectivity index (χ4n) is 2.59. The van der Waals surface area contributed by atoms with Gasteiger partial charge in [0.15, 0.2) is 0 Å². The van der Waals surface area contributed by atoms with Gasteiger partial charge in [0.05, 0.1) is 0 Å². The van der Waals surface area contributed by atoms with Crippen LogP contribution in [0.1, 0.15) is 21.5 Å². The third kappa shape index (κ3) is 6.14. The van der Waals surface area contributed by atoms with Gasteiger partial charge in [-0.15, -0.1) is 0 Å². The summed E-state index contributed by atoms with van der Waals surface area (Å²) < 4.78 is 1.72. The maximum atomic E-state index is 12.9. The van der Waals surface area contributed by atoms with Crippen molar-refractivity contribution in [1.82, 2.24) is 5.32 Å². The van der Waals surface area contributed by atoms with Crippen LogP contribution < -0.4 is 10.6 Å². The van der Waals surface area contributed by atoms with Crippen LogP contribution in [0.2, 0.25) is 0 Å². The molecule has 0 aromatic heterocycles. The van der Waals surface area contributed by atoms with Gasteiger partial charge in [-0.25, -0.2) is 0 Å². The van der Waals surface area contributed by atoms with E-state index in [0.717, 1.165) is 20.1 Å². The van der Waals surface area contributed by atoms with E-state index in [-0.39, 0.29) is 11.6 Å². The minimum atomic E-state index is -0.413. The van der Waals surface area contributed by atoms with E-state index in [1.165, 1.54) is 0 Å². The molecule has 146 valence electrons. The minimum Gasteiger partial charge on any atom is -0.321 e. The van der Waals surface area contributed by atoms with Crippen molar-refractivity contribution in [2.24, 2.45) is 0 Å². The van der Waals surface area contributed by atoms with Crippen LogP contribution in [0.4, 0.5) is 5.69 Å². The van der Waals surface area contributed by atoms with Crippen molar-refractivity contribution in [3.8, 4) is 0 Å². The Balaban J connectivity index is 1.89. The van der Waals surface area contributed by atoms with Crippen LogP contribution in [-0.2, 0) is 4.79 Å². The number of hydrogen-bond acceptors (Lipinski definition) is 2. The van der Waals surface area contributed by atoms with E-state index >= 15 is 0 Å². The number of rotatable bonds is 5. The molecule has 0 fully saturated rings. The topological polar surface area (TPSA) is 58.2 Å². The fourth-order valence-corrected chi connectivity index (χ4v) is 3.40. The maximum Gasteiger partial charge on any atom is 0.272 e. The Morgan fingerprint density at radius 2 is 1.52 bits per heavy atom. The molecule has 3 rings (SSSR count). The van der Waals surface area contributed by atoms with Gasteiger partial charge < -0.3 is 10.6 Å². The first-order chi connectivity index (χ1) is 13.9. The first kappa shape index (κ1) is 21.0. The van der Waals surface area contributed by atoms with Crippen molar-refractivity contribution < 1.29 is 9.59 Å². The molecule has 29 heavy (non-hydrogen) atoms. The zero-order chi connectivity index (χ0) is 20.8. The summed E-state index contributed by atoms with van der Waals surface area (Å²) in [5, 5.41) is 5.56. The number of halogens is 2. The second-order valence-corrected chi connectivity index (χ2v) is 8.23. The number of benzene rings is 3. The molecule has 0 aliphatic rings. The van der Waals surface area contributed by atoms with E-state index in [9.17, 15) is 9.59 Å². The zero-order valence-electron chi connectivity index (χ0n) is 15.6. The van der Waals surface area contributed by atoms with Gasteiger partial charge in [-0.1, -0.05) is 67.8 Å². The summed E-state index contributed by atoms with van der Waals surface area (Å²) in [6.07, 6.45) is 1.64. The summed E-state index contributed by atoms with van der Waals surface area (Å²) in [6, 6.07) is 21.9. The molecular formula is C23H18Br2N2O2. The number of nitrogens with one attached hydrogen (secondary N) is 2. The first-order valence-corrected chi connectivity index (χ1v) is 10.4. The summed E-state index contributed by atoms with van der Waals surface area (Å²) in [7, 11) is 0. The van der Waals surface area contributed by atoms with Gasteiger partial charge in [0, 0.05) is 20.2 Å². The molecule has 0 heterocycles. The Kier molecular flexibility index (Phi) is 7.01. The molecular weight excluding hydrogens is 496 g/mol. The van der Waals surface area contributed by atoms with Crippen LogP contribution in [0.25, 0.3) is 6.08 Å². The number of amides is 2. The molecule has 0 spiro atoms. The molecule has 0 bridgehead atoms. The molecule has 2 N–H and O–H groups in total. The van der Waals surface area contributed by atoms with Crippen LogP contribution in [0.3, 0.4) is 0 Å². The van der Waals surface area contributed by atoms with Gasteiger partial charge in [-0.05, 0) is 61.0 Å². The highest BCUT2D eigenvalue weighted by atomic mass is 79.9. The average molecular weight is 514 g/mol. The van der Waals surface area contributed by atoms with Crippen LogP contribution in [-0.4, -0.2) is 11.8 Å². The lowest BCUT2D eigenvalue weighted by atomic mass is 10.1. The third-order valence-corrected chi connectivity index (χ3v) is 5.04. The molecule has 3 aromatic rings. The van der Waals surface area contributed by atoms with E-state index in [2.05, 4.69) is 42.5 Å². The molecule has 0 radical (unpaired) electrons. The van der Waals surface area contributed by atoms with Crippen molar-refractivity contribution in [3.05, 3.63) is 104 Å². The van der Waals surface area contributed by atoms with E-state index in [0.29, 0.717) is 11.3 Å². The molecule has 0 aliphatic heterocycles. The van der Waals surface area contributed by atoms with Crippen LogP contribution in [0.15, 0.2) is 87.4 Å². The number of hydrogen-bond donors (Lipinski definition) is 2. The molecule has 0 saturated carbocycles. The Bertz CT molecular complexity index is 1080. The fraction of sp³-hybridized carbons (Fsp3) is 0.0435. The lowest BCUT2D eigenvalue weighted by Crippen LogP contribution is -2.30. The molecule has 0 saturated heterocycles.